The molecular formula is C17H20ClNO. The number of ether oxygens (including phenoxy) is 1. The van der Waals surface area contributed by atoms with E-state index >= 15 is 0 Å². The molecular weight excluding hydrogens is 270 g/mol. The van der Waals surface area contributed by atoms with Gasteiger partial charge in [0.1, 0.15) is 0 Å². The first kappa shape index (κ1) is 14.9. The highest BCUT2D eigenvalue weighted by atomic mass is 35.5. The largest absolute Gasteiger partial charge is 0.383 e. The number of rotatable bonds is 8. The Balaban J connectivity index is 1.51. The normalized spacial score (nSPS) is 10.4. The molecule has 0 saturated heterocycles. The van der Waals surface area contributed by atoms with Crippen molar-refractivity contribution in [1.82, 2.24) is 0 Å². The van der Waals surface area contributed by atoms with E-state index in [1.54, 1.807) is 0 Å². The first-order valence-corrected chi connectivity index (χ1v) is 7.33. The van der Waals surface area contributed by atoms with E-state index < -0.39 is 0 Å². The van der Waals surface area contributed by atoms with E-state index in [-0.39, 0.29) is 0 Å². The summed E-state index contributed by atoms with van der Waals surface area (Å²) in [6.45, 7) is 2.33. The van der Waals surface area contributed by atoms with Gasteiger partial charge in [0.15, 0.2) is 0 Å². The van der Waals surface area contributed by atoms with Crippen molar-refractivity contribution in [3.05, 3.63) is 65.2 Å². The van der Waals surface area contributed by atoms with Crippen LogP contribution in [-0.4, -0.2) is 19.8 Å². The molecule has 2 aromatic carbocycles. The van der Waals surface area contributed by atoms with Gasteiger partial charge in [-0.2, -0.15) is 0 Å². The second-order valence-electron chi connectivity index (χ2n) is 4.64. The summed E-state index contributed by atoms with van der Waals surface area (Å²) in [4.78, 5) is 0. The lowest BCUT2D eigenvalue weighted by Gasteiger charge is -2.07. The lowest BCUT2D eigenvalue weighted by atomic mass is 10.1. The Morgan fingerprint density at radius 2 is 1.65 bits per heavy atom. The maximum atomic E-state index is 5.83. The van der Waals surface area contributed by atoms with Gasteiger partial charge in [-0.1, -0.05) is 41.9 Å². The smallest absolute Gasteiger partial charge is 0.0639 e. The molecule has 0 saturated carbocycles. The molecule has 20 heavy (non-hydrogen) atoms. The van der Waals surface area contributed by atoms with Crippen LogP contribution in [0, 0.1) is 0 Å². The fraction of sp³-hybridized carbons (Fsp3) is 0.294. The molecule has 0 amide bonds. The summed E-state index contributed by atoms with van der Waals surface area (Å²) in [7, 11) is 0. The van der Waals surface area contributed by atoms with E-state index in [0.29, 0.717) is 0 Å². The van der Waals surface area contributed by atoms with Crippen molar-refractivity contribution in [2.24, 2.45) is 0 Å². The molecule has 0 atom stereocenters. The lowest BCUT2D eigenvalue weighted by Crippen LogP contribution is -2.10. The van der Waals surface area contributed by atoms with Crippen molar-refractivity contribution in [1.29, 1.82) is 0 Å². The average Bonchev–Trinajstić information content (AvgIpc) is 2.49. The van der Waals surface area contributed by atoms with Crippen LogP contribution in [0.5, 0.6) is 0 Å². The molecule has 0 unspecified atom stereocenters. The number of halogens is 1. The molecule has 2 nitrogen and oxygen atoms in total. The fourth-order valence-electron chi connectivity index (χ4n) is 1.96. The number of hydrogen-bond acceptors (Lipinski definition) is 2. The van der Waals surface area contributed by atoms with Gasteiger partial charge in [0.2, 0.25) is 0 Å². The molecule has 0 spiro atoms. The summed E-state index contributed by atoms with van der Waals surface area (Å²) in [5.74, 6) is 0. The second-order valence-corrected chi connectivity index (χ2v) is 5.07. The molecule has 0 aromatic heterocycles. The van der Waals surface area contributed by atoms with Crippen LogP contribution in [0.15, 0.2) is 54.6 Å². The summed E-state index contributed by atoms with van der Waals surface area (Å²) in [6, 6.07) is 18.2. The number of aryl methyl sites for hydroxylation is 1. The Kier molecular flexibility index (Phi) is 6.42. The third-order valence-electron chi connectivity index (χ3n) is 3.02. The van der Waals surface area contributed by atoms with Gasteiger partial charge in [0, 0.05) is 23.9 Å². The van der Waals surface area contributed by atoms with Gasteiger partial charge in [0.25, 0.3) is 0 Å². The van der Waals surface area contributed by atoms with Crippen LogP contribution in [0.1, 0.15) is 12.0 Å². The molecule has 2 aromatic rings. The average molecular weight is 290 g/mol. The Hall–Kier alpha value is -1.51. The molecule has 0 fully saturated rings. The third-order valence-corrected chi connectivity index (χ3v) is 3.27. The predicted octanol–water partition coefficient (Wildman–Crippen LogP) is 4.40. The highest BCUT2D eigenvalue weighted by Gasteiger charge is 1.94. The van der Waals surface area contributed by atoms with Crippen molar-refractivity contribution < 1.29 is 4.74 Å². The zero-order valence-corrected chi connectivity index (χ0v) is 12.3. The van der Waals surface area contributed by atoms with E-state index in [1.807, 2.05) is 30.3 Å². The van der Waals surface area contributed by atoms with E-state index in [4.69, 9.17) is 16.3 Å². The molecule has 1 N–H and O–H groups in total. The molecule has 2 rings (SSSR count). The molecule has 106 valence electrons. The highest BCUT2D eigenvalue weighted by Crippen LogP contribution is 2.12. The minimum atomic E-state index is 0.720. The monoisotopic (exact) mass is 289 g/mol. The van der Waals surface area contributed by atoms with Crippen LogP contribution >= 0.6 is 11.6 Å². The minimum Gasteiger partial charge on any atom is -0.383 e. The Morgan fingerprint density at radius 3 is 2.40 bits per heavy atom. The second kappa shape index (κ2) is 8.62. The molecule has 0 aliphatic carbocycles. The van der Waals surface area contributed by atoms with E-state index in [9.17, 15) is 0 Å². The Labute approximate surface area is 125 Å². The predicted molar refractivity (Wildman–Crippen MR) is 85.5 cm³/mol. The van der Waals surface area contributed by atoms with Gasteiger partial charge >= 0.3 is 0 Å². The first-order chi connectivity index (χ1) is 9.84. The molecule has 0 heterocycles. The molecule has 0 aliphatic heterocycles. The summed E-state index contributed by atoms with van der Waals surface area (Å²) in [6.07, 6.45) is 2.14. The van der Waals surface area contributed by atoms with E-state index in [0.717, 1.165) is 43.3 Å². The standard InChI is InChI=1S/C17H20ClNO/c18-16-8-10-17(11-9-16)19-12-14-20-13-4-7-15-5-2-1-3-6-15/h1-3,5-6,8-11,19H,4,7,12-14H2. The van der Waals surface area contributed by atoms with Gasteiger partial charge < -0.3 is 10.1 Å². The zero-order valence-electron chi connectivity index (χ0n) is 11.5. The van der Waals surface area contributed by atoms with Crippen LogP contribution in [-0.2, 0) is 11.2 Å². The number of anilines is 1. The van der Waals surface area contributed by atoms with Crippen molar-refractivity contribution >= 4 is 17.3 Å². The number of benzene rings is 2. The quantitative estimate of drug-likeness (QED) is 0.727. The first-order valence-electron chi connectivity index (χ1n) is 6.96. The Morgan fingerprint density at radius 1 is 0.900 bits per heavy atom. The fourth-order valence-corrected chi connectivity index (χ4v) is 2.09. The maximum absolute atomic E-state index is 5.83. The summed E-state index contributed by atoms with van der Waals surface area (Å²) >= 11 is 5.83. The summed E-state index contributed by atoms with van der Waals surface area (Å²) in [5.41, 5.74) is 2.44. The van der Waals surface area contributed by atoms with Crippen LogP contribution in [0.2, 0.25) is 5.02 Å². The summed E-state index contributed by atoms with van der Waals surface area (Å²) in [5, 5.41) is 4.05. The van der Waals surface area contributed by atoms with Gasteiger partial charge in [-0.25, -0.2) is 0 Å². The van der Waals surface area contributed by atoms with Gasteiger partial charge in [-0.05, 0) is 42.7 Å². The van der Waals surface area contributed by atoms with Crippen molar-refractivity contribution in [2.75, 3.05) is 25.1 Å². The van der Waals surface area contributed by atoms with E-state index in [2.05, 4.69) is 29.6 Å². The molecule has 0 bridgehead atoms. The number of hydrogen-bond donors (Lipinski definition) is 1. The van der Waals surface area contributed by atoms with Crippen LogP contribution in [0.25, 0.3) is 0 Å². The Bertz CT molecular complexity index is 484. The van der Waals surface area contributed by atoms with Crippen LogP contribution in [0.3, 0.4) is 0 Å². The van der Waals surface area contributed by atoms with Crippen molar-refractivity contribution in [3.8, 4) is 0 Å². The van der Waals surface area contributed by atoms with Gasteiger partial charge in [-0.15, -0.1) is 0 Å². The van der Waals surface area contributed by atoms with Gasteiger partial charge in [-0.3, -0.25) is 0 Å². The van der Waals surface area contributed by atoms with E-state index in [1.165, 1.54) is 5.56 Å². The highest BCUT2D eigenvalue weighted by molar-refractivity contribution is 6.30. The van der Waals surface area contributed by atoms with Crippen molar-refractivity contribution in [3.63, 3.8) is 0 Å². The lowest BCUT2D eigenvalue weighted by molar-refractivity contribution is 0.141. The van der Waals surface area contributed by atoms with Crippen LogP contribution in [0.4, 0.5) is 5.69 Å². The zero-order chi connectivity index (χ0) is 14.0. The third kappa shape index (κ3) is 5.64. The van der Waals surface area contributed by atoms with Crippen LogP contribution < -0.4 is 5.32 Å². The van der Waals surface area contributed by atoms with Gasteiger partial charge in [0.05, 0.1) is 6.61 Å². The molecule has 0 aliphatic rings. The maximum Gasteiger partial charge on any atom is 0.0639 e. The topological polar surface area (TPSA) is 21.3 Å². The summed E-state index contributed by atoms with van der Waals surface area (Å²) < 4.78 is 5.61. The van der Waals surface area contributed by atoms with Crippen molar-refractivity contribution in [2.45, 2.75) is 12.8 Å². The molecule has 3 heteroatoms. The number of nitrogens with one attached hydrogen (secondary N) is 1. The molecule has 0 radical (unpaired) electrons. The SMILES string of the molecule is Clc1ccc(NCCOCCCc2ccccc2)cc1. The minimum absolute atomic E-state index is 0.720.